The Balaban J connectivity index is 1.43. The first kappa shape index (κ1) is 26.6. The molecule has 0 atom stereocenters. The number of carbonyl (C=O) groups excluding carboxylic acids is 3. The van der Waals surface area contributed by atoms with E-state index in [1.54, 1.807) is 13.0 Å². The predicted molar refractivity (Wildman–Crippen MR) is 138 cm³/mol. The fraction of sp³-hybridized carbons (Fsp3) is 0.464. The van der Waals surface area contributed by atoms with Gasteiger partial charge in [0, 0.05) is 24.6 Å². The van der Waals surface area contributed by atoms with Crippen molar-refractivity contribution in [2.45, 2.75) is 52.3 Å². The third-order valence-electron chi connectivity index (χ3n) is 6.75. The summed E-state index contributed by atoms with van der Waals surface area (Å²) in [6.07, 6.45) is 2.47. The number of hydrogen-bond acceptors (Lipinski definition) is 7. The molecule has 2 aliphatic rings. The number of esters is 1. The molecule has 37 heavy (non-hydrogen) atoms. The second-order valence-electron chi connectivity index (χ2n) is 9.88. The molecule has 0 radical (unpaired) electrons. The number of nitrogens with one attached hydrogen (secondary N) is 2. The quantitative estimate of drug-likeness (QED) is 0.391. The van der Waals surface area contributed by atoms with Gasteiger partial charge in [-0.1, -0.05) is 18.2 Å². The summed E-state index contributed by atoms with van der Waals surface area (Å²) >= 11 is 0. The van der Waals surface area contributed by atoms with Crippen molar-refractivity contribution in [2.24, 2.45) is 11.8 Å². The van der Waals surface area contributed by atoms with Gasteiger partial charge in [-0.05, 0) is 76.0 Å². The van der Waals surface area contributed by atoms with Crippen molar-refractivity contribution in [3.8, 4) is 5.75 Å². The number of rotatable bonds is 9. The van der Waals surface area contributed by atoms with Gasteiger partial charge in [0.1, 0.15) is 6.61 Å². The van der Waals surface area contributed by atoms with Gasteiger partial charge in [0.2, 0.25) is 5.91 Å². The van der Waals surface area contributed by atoms with Gasteiger partial charge in [0.15, 0.2) is 5.75 Å². The summed E-state index contributed by atoms with van der Waals surface area (Å²) < 4.78 is 5.13. The van der Waals surface area contributed by atoms with E-state index in [0.29, 0.717) is 69.0 Å². The first-order valence-corrected chi connectivity index (χ1v) is 12.8. The Hall–Kier alpha value is -3.43. The van der Waals surface area contributed by atoms with Crippen LogP contribution in [0, 0.1) is 11.8 Å². The van der Waals surface area contributed by atoms with E-state index in [2.05, 4.69) is 10.6 Å². The minimum atomic E-state index is -0.278. The summed E-state index contributed by atoms with van der Waals surface area (Å²) in [6.45, 7) is 3.54. The number of amides is 2. The zero-order valence-electron chi connectivity index (χ0n) is 21.7. The molecule has 1 saturated carbocycles. The lowest BCUT2D eigenvalue weighted by Gasteiger charge is -2.26. The average Bonchev–Trinajstić information content (AvgIpc) is 3.36. The molecule has 0 saturated heterocycles. The van der Waals surface area contributed by atoms with E-state index < -0.39 is 0 Å². The van der Waals surface area contributed by atoms with Gasteiger partial charge in [-0.3, -0.25) is 14.4 Å². The van der Waals surface area contributed by atoms with Gasteiger partial charge in [0.05, 0.1) is 23.8 Å². The highest BCUT2D eigenvalue weighted by Crippen LogP contribution is 2.31. The number of hydrogen-bond donors (Lipinski definition) is 2. The number of benzene rings is 2. The van der Waals surface area contributed by atoms with Crippen molar-refractivity contribution >= 4 is 23.5 Å². The minimum Gasteiger partial charge on any atom is -0.466 e. The van der Waals surface area contributed by atoms with Crippen LogP contribution >= 0.6 is 0 Å². The molecule has 9 nitrogen and oxygen atoms in total. The van der Waals surface area contributed by atoms with Crippen molar-refractivity contribution in [2.75, 3.05) is 26.0 Å². The molecule has 0 aromatic heterocycles. The van der Waals surface area contributed by atoms with Gasteiger partial charge in [-0.15, -0.1) is 0 Å². The van der Waals surface area contributed by atoms with Crippen LogP contribution in [0.5, 0.6) is 5.75 Å². The lowest BCUT2D eigenvalue weighted by atomic mass is 9.81. The van der Waals surface area contributed by atoms with Crippen molar-refractivity contribution in [3.63, 3.8) is 0 Å². The van der Waals surface area contributed by atoms with Crippen LogP contribution in [0.2, 0.25) is 0 Å². The third-order valence-corrected chi connectivity index (χ3v) is 6.75. The van der Waals surface area contributed by atoms with Crippen LogP contribution < -0.4 is 15.5 Å². The second-order valence-corrected chi connectivity index (χ2v) is 9.88. The van der Waals surface area contributed by atoms with Crippen molar-refractivity contribution < 1.29 is 28.9 Å². The average molecular weight is 510 g/mol. The van der Waals surface area contributed by atoms with E-state index in [1.165, 1.54) is 0 Å². The lowest BCUT2D eigenvalue weighted by Crippen LogP contribution is -2.31. The molecule has 198 valence electrons. The number of fused-ring (bicyclic) bond motifs is 1. The van der Waals surface area contributed by atoms with Crippen LogP contribution in [0.1, 0.15) is 59.7 Å². The molecule has 2 aromatic carbocycles. The van der Waals surface area contributed by atoms with Crippen LogP contribution in [0.25, 0.3) is 0 Å². The van der Waals surface area contributed by atoms with Crippen molar-refractivity contribution in [1.82, 2.24) is 10.2 Å². The summed E-state index contributed by atoms with van der Waals surface area (Å²) in [5.74, 6) is -0.291. The lowest BCUT2D eigenvalue weighted by molar-refractivity contribution is -0.194. The Bertz CT molecular complexity index is 1140. The Morgan fingerprint density at radius 3 is 2.46 bits per heavy atom. The first-order valence-electron chi connectivity index (χ1n) is 12.8. The maximum Gasteiger partial charge on any atom is 0.308 e. The molecule has 1 aliphatic carbocycles. The van der Waals surface area contributed by atoms with E-state index in [0.717, 1.165) is 16.7 Å². The van der Waals surface area contributed by atoms with Gasteiger partial charge >= 0.3 is 5.97 Å². The molecule has 1 aliphatic heterocycles. The molecule has 4 rings (SSSR count). The fourth-order valence-corrected chi connectivity index (χ4v) is 4.78. The topological polar surface area (TPSA) is 106 Å². The van der Waals surface area contributed by atoms with Gasteiger partial charge in [-0.2, -0.15) is 4.89 Å². The molecular formula is C28H35N3O6. The Labute approximate surface area is 217 Å². The van der Waals surface area contributed by atoms with E-state index >= 15 is 0 Å². The third kappa shape index (κ3) is 6.87. The molecule has 0 bridgehead atoms. The van der Waals surface area contributed by atoms with Crippen molar-refractivity contribution in [3.05, 3.63) is 58.7 Å². The molecule has 2 amide bonds. The Morgan fingerprint density at radius 2 is 1.73 bits per heavy atom. The van der Waals surface area contributed by atoms with E-state index in [4.69, 9.17) is 14.5 Å². The predicted octanol–water partition coefficient (Wildman–Crippen LogP) is 3.81. The van der Waals surface area contributed by atoms with Crippen LogP contribution in [-0.2, 0) is 38.9 Å². The van der Waals surface area contributed by atoms with Crippen LogP contribution in [0.4, 0.5) is 5.69 Å². The summed E-state index contributed by atoms with van der Waals surface area (Å²) in [6, 6.07) is 11.2. The molecular weight excluding hydrogens is 474 g/mol. The zero-order valence-corrected chi connectivity index (χ0v) is 21.7. The number of ether oxygens (including phenoxy) is 1. The highest BCUT2D eigenvalue weighted by atomic mass is 17.2. The minimum absolute atomic E-state index is 0.132. The van der Waals surface area contributed by atoms with Crippen molar-refractivity contribution in [1.29, 1.82) is 0 Å². The summed E-state index contributed by atoms with van der Waals surface area (Å²) in [7, 11) is 3.92. The number of nitrogens with zero attached hydrogens (tertiary/aromatic N) is 1. The molecule has 2 aromatic rings. The fourth-order valence-electron chi connectivity index (χ4n) is 4.78. The maximum atomic E-state index is 13.3. The highest BCUT2D eigenvalue weighted by Gasteiger charge is 2.31. The molecule has 0 spiro atoms. The largest absolute Gasteiger partial charge is 0.466 e. The van der Waals surface area contributed by atoms with Gasteiger partial charge in [-0.25, -0.2) is 0 Å². The van der Waals surface area contributed by atoms with Crippen LogP contribution in [0.3, 0.4) is 0 Å². The standard InChI is InChI=1S/C28H35N3O6/c1-4-35-28(34)21-10-8-20(9-11-21)26(32)30-24-12-6-19(16-31(2)3)13-23(24)27(33)29-15-18-5-7-22-17-36-37-25(22)14-18/h5-7,12-14,20-21H,4,8-11,15-17H2,1-3H3,(H,29,33)(H,30,32)/t20-,21-. The number of carbonyl (C=O) groups is 3. The summed E-state index contributed by atoms with van der Waals surface area (Å²) in [5, 5.41) is 5.94. The van der Waals surface area contributed by atoms with E-state index in [-0.39, 0.29) is 29.6 Å². The zero-order chi connectivity index (χ0) is 26.4. The Morgan fingerprint density at radius 1 is 1.00 bits per heavy atom. The van der Waals surface area contributed by atoms with Gasteiger partial charge < -0.3 is 25.2 Å². The maximum absolute atomic E-state index is 13.3. The smallest absolute Gasteiger partial charge is 0.308 e. The summed E-state index contributed by atoms with van der Waals surface area (Å²) in [4.78, 5) is 50.5. The number of anilines is 1. The SMILES string of the molecule is CCOC(=O)[C@H]1CC[C@H](C(=O)Nc2ccc(CN(C)C)cc2C(=O)NCc2ccc3c(c2)OOC3)CC1. The molecule has 0 unspecified atom stereocenters. The molecule has 9 heteroatoms. The molecule has 1 fully saturated rings. The first-order chi connectivity index (χ1) is 17.8. The van der Waals surface area contributed by atoms with E-state index in [1.807, 2.05) is 49.3 Å². The molecule has 1 heterocycles. The molecule has 2 N–H and O–H groups in total. The van der Waals surface area contributed by atoms with Gasteiger partial charge in [0.25, 0.3) is 5.91 Å². The van der Waals surface area contributed by atoms with Crippen LogP contribution in [-0.4, -0.2) is 43.4 Å². The van der Waals surface area contributed by atoms with E-state index in [9.17, 15) is 14.4 Å². The van der Waals surface area contributed by atoms with Crippen LogP contribution in [0.15, 0.2) is 36.4 Å². The highest BCUT2D eigenvalue weighted by molar-refractivity contribution is 6.04. The normalized spacial score (nSPS) is 18.6. The summed E-state index contributed by atoms with van der Waals surface area (Å²) in [5.41, 5.74) is 3.70. The second kappa shape index (κ2) is 12.2. The monoisotopic (exact) mass is 509 g/mol. The Kier molecular flexibility index (Phi) is 8.78.